The van der Waals surface area contributed by atoms with E-state index in [-0.39, 0.29) is 0 Å². The summed E-state index contributed by atoms with van der Waals surface area (Å²) in [5.74, 6) is 0. The van der Waals surface area contributed by atoms with Crippen LogP contribution in [-0.2, 0) is 0 Å². The van der Waals surface area contributed by atoms with Crippen molar-refractivity contribution < 1.29 is 0 Å². The molecule has 3 rings (SSSR count). The third kappa shape index (κ3) is 1.01. The van der Waals surface area contributed by atoms with Gasteiger partial charge in [0.15, 0.2) is 6.33 Å². The van der Waals surface area contributed by atoms with Crippen molar-refractivity contribution >= 4 is 21.9 Å². The van der Waals surface area contributed by atoms with Crippen molar-refractivity contribution in [3.63, 3.8) is 0 Å². The van der Waals surface area contributed by atoms with Crippen LogP contribution < -0.4 is 0 Å². The fraction of sp³-hybridized carbons (Fsp3) is 0. The maximum Gasteiger partial charge on any atom is 0.198 e. The van der Waals surface area contributed by atoms with Gasteiger partial charge >= 0.3 is 0 Å². The lowest BCUT2D eigenvalue weighted by molar-refractivity contribution is 1.20. The van der Waals surface area contributed by atoms with Crippen molar-refractivity contribution in [3.8, 4) is 0 Å². The molecule has 4 nitrogen and oxygen atoms in total. The number of rotatable bonds is 0. The SMILES string of the molecule is [c]1ncc2cc3nccnc3cc2n1. The molecule has 4 heteroatoms. The van der Waals surface area contributed by atoms with Crippen LogP contribution in [0.3, 0.4) is 0 Å². The van der Waals surface area contributed by atoms with E-state index in [1.807, 2.05) is 12.1 Å². The van der Waals surface area contributed by atoms with Crippen molar-refractivity contribution in [1.29, 1.82) is 0 Å². The molecule has 14 heavy (non-hydrogen) atoms. The first-order chi connectivity index (χ1) is 6.93. The fourth-order valence-corrected chi connectivity index (χ4v) is 1.40. The summed E-state index contributed by atoms with van der Waals surface area (Å²) in [5, 5.41) is 0.955. The van der Waals surface area contributed by atoms with Gasteiger partial charge in [-0.05, 0) is 12.1 Å². The quantitative estimate of drug-likeness (QED) is 0.491. The van der Waals surface area contributed by atoms with Gasteiger partial charge in [-0.1, -0.05) is 0 Å². The van der Waals surface area contributed by atoms with Gasteiger partial charge in [0, 0.05) is 24.0 Å². The molecule has 0 aliphatic heterocycles. The third-order valence-electron chi connectivity index (χ3n) is 2.05. The zero-order valence-corrected chi connectivity index (χ0v) is 7.18. The van der Waals surface area contributed by atoms with E-state index < -0.39 is 0 Å². The molecule has 0 aliphatic carbocycles. The average Bonchev–Trinajstić information content (AvgIpc) is 2.26. The van der Waals surface area contributed by atoms with Gasteiger partial charge in [-0.2, -0.15) is 0 Å². The smallest absolute Gasteiger partial charge is 0.198 e. The maximum absolute atomic E-state index is 4.20. The minimum atomic E-state index is 0.840. The van der Waals surface area contributed by atoms with E-state index in [4.69, 9.17) is 0 Å². The van der Waals surface area contributed by atoms with Crippen LogP contribution in [0.25, 0.3) is 21.9 Å². The van der Waals surface area contributed by atoms with Crippen LogP contribution in [0.15, 0.2) is 30.7 Å². The predicted molar refractivity (Wildman–Crippen MR) is 51.5 cm³/mol. The standard InChI is InChI=1S/C10H5N4/c1-2-13-10-4-8-7(3-9(10)12-1)5-11-6-14-8/h1-5H. The zero-order chi connectivity index (χ0) is 9.38. The Hall–Kier alpha value is -2.10. The van der Waals surface area contributed by atoms with Crippen LogP contribution in [0, 0.1) is 6.33 Å². The number of nitrogens with zero attached hydrogens (tertiary/aromatic N) is 4. The summed E-state index contributed by atoms with van der Waals surface area (Å²) in [5.41, 5.74) is 2.54. The largest absolute Gasteiger partial charge is 0.253 e. The highest BCUT2D eigenvalue weighted by atomic mass is 14.8. The summed E-state index contributed by atoms with van der Waals surface area (Å²) in [6, 6.07) is 3.81. The van der Waals surface area contributed by atoms with E-state index in [1.165, 1.54) is 0 Å². The van der Waals surface area contributed by atoms with Crippen LogP contribution in [0.2, 0.25) is 0 Å². The van der Waals surface area contributed by atoms with E-state index in [0.717, 1.165) is 21.9 Å². The van der Waals surface area contributed by atoms with Gasteiger partial charge in [-0.3, -0.25) is 9.97 Å². The zero-order valence-electron chi connectivity index (χ0n) is 7.18. The molecular weight excluding hydrogens is 176 g/mol. The summed E-state index contributed by atoms with van der Waals surface area (Å²) < 4.78 is 0. The van der Waals surface area contributed by atoms with Gasteiger partial charge in [-0.15, -0.1) is 0 Å². The van der Waals surface area contributed by atoms with E-state index in [9.17, 15) is 0 Å². The Morgan fingerprint density at radius 3 is 2.57 bits per heavy atom. The van der Waals surface area contributed by atoms with Crippen molar-refractivity contribution in [3.05, 3.63) is 37.1 Å². The molecule has 0 unspecified atom stereocenters. The summed E-state index contributed by atoms with van der Waals surface area (Å²) in [7, 11) is 0. The molecule has 0 bridgehead atoms. The van der Waals surface area contributed by atoms with Crippen LogP contribution >= 0.6 is 0 Å². The monoisotopic (exact) mass is 181 g/mol. The van der Waals surface area contributed by atoms with E-state index >= 15 is 0 Å². The van der Waals surface area contributed by atoms with E-state index in [2.05, 4.69) is 26.3 Å². The first-order valence-electron chi connectivity index (χ1n) is 4.17. The number of hydrogen-bond acceptors (Lipinski definition) is 4. The Morgan fingerprint density at radius 2 is 1.71 bits per heavy atom. The molecule has 0 saturated heterocycles. The Kier molecular flexibility index (Phi) is 1.41. The van der Waals surface area contributed by atoms with Crippen molar-refractivity contribution in [1.82, 2.24) is 19.9 Å². The van der Waals surface area contributed by atoms with Gasteiger partial charge in [0.1, 0.15) is 0 Å². The summed E-state index contributed by atoms with van der Waals surface area (Å²) >= 11 is 0. The Balaban J connectivity index is 2.52. The summed E-state index contributed by atoms with van der Waals surface area (Å²) in [6.07, 6.45) is 7.61. The molecule has 65 valence electrons. The summed E-state index contributed by atoms with van der Waals surface area (Å²) in [4.78, 5) is 16.3. The van der Waals surface area contributed by atoms with Crippen LogP contribution in [0.4, 0.5) is 0 Å². The van der Waals surface area contributed by atoms with Crippen LogP contribution in [-0.4, -0.2) is 19.9 Å². The second-order valence-electron chi connectivity index (χ2n) is 2.93. The molecule has 3 aromatic rings. The molecule has 2 aromatic heterocycles. The average molecular weight is 181 g/mol. The maximum atomic E-state index is 4.20. The minimum absolute atomic E-state index is 0.840. The molecule has 1 aromatic carbocycles. The number of aromatic nitrogens is 4. The molecule has 1 radical (unpaired) electrons. The lowest BCUT2D eigenvalue weighted by atomic mass is 10.2. The lowest BCUT2D eigenvalue weighted by Crippen LogP contribution is -1.85. The van der Waals surface area contributed by atoms with Crippen LogP contribution in [0.1, 0.15) is 0 Å². The molecule has 0 aliphatic rings. The molecule has 0 fully saturated rings. The second-order valence-corrected chi connectivity index (χ2v) is 2.93. The predicted octanol–water partition coefficient (Wildman–Crippen LogP) is 1.37. The molecule has 0 spiro atoms. The number of hydrogen-bond donors (Lipinski definition) is 0. The van der Waals surface area contributed by atoms with Gasteiger partial charge in [-0.25, -0.2) is 9.97 Å². The topological polar surface area (TPSA) is 51.6 Å². The van der Waals surface area contributed by atoms with Gasteiger partial charge in [0.2, 0.25) is 0 Å². The molecule has 2 heterocycles. The molecule has 0 saturated carbocycles. The number of fused-ring (bicyclic) bond motifs is 2. The fourth-order valence-electron chi connectivity index (χ4n) is 1.40. The Morgan fingerprint density at radius 1 is 0.929 bits per heavy atom. The Bertz CT molecular complexity index is 501. The van der Waals surface area contributed by atoms with E-state index in [1.54, 1.807) is 18.6 Å². The summed E-state index contributed by atoms with van der Waals surface area (Å²) in [6.45, 7) is 0. The normalized spacial score (nSPS) is 10.9. The van der Waals surface area contributed by atoms with Crippen LogP contribution in [0.5, 0.6) is 0 Å². The molecule has 0 atom stereocenters. The third-order valence-corrected chi connectivity index (χ3v) is 2.05. The lowest BCUT2D eigenvalue weighted by Gasteiger charge is -1.97. The van der Waals surface area contributed by atoms with E-state index in [0.29, 0.717) is 0 Å². The molecule has 0 amide bonds. The van der Waals surface area contributed by atoms with Crippen molar-refractivity contribution in [2.45, 2.75) is 0 Å². The molecule has 0 N–H and O–H groups in total. The highest BCUT2D eigenvalue weighted by Crippen LogP contribution is 2.16. The highest BCUT2D eigenvalue weighted by Gasteiger charge is 1.99. The highest BCUT2D eigenvalue weighted by molar-refractivity contribution is 5.91. The van der Waals surface area contributed by atoms with Gasteiger partial charge in [0.25, 0.3) is 0 Å². The van der Waals surface area contributed by atoms with Gasteiger partial charge in [0.05, 0.1) is 16.6 Å². The number of benzene rings is 1. The first-order valence-corrected chi connectivity index (χ1v) is 4.17. The second kappa shape index (κ2) is 2.70. The Labute approximate surface area is 79.7 Å². The van der Waals surface area contributed by atoms with Gasteiger partial charge < -0.3 is 0 Å². The van der Waals surface area contributed by atoms with Crippen molar-refractivity contribution in [2.24, 2.45) is 0 Å². The van der Waals surface area contributed by atoms with Crippen molar-refractivity contribution in [2.75, 3.05) is 0 Å². The minimum Gasteiger partial charge on any atom is -0.253 e. The first kappa shape index (κ1) is 7.32. The molecular formula is C10H5N4.